The van der Waals surface area contributed by atoms with E-state index in [1.807, 2.05) is 29.6 Å². The highest BCUT2D eigenvalue weighted by Gasteiger charge is 2.26. The average Bonchev–Trinajstić information content (AvgIpc) is 2.56. The van der Waals surface area contributed by atoms with E-state index in [2.05, 4.69) is 30.2 Å². The number of rotatable bonds is 3. The van der Waals surface area contributed by atoms with E-state index in [1.54, 1.807) is 0 Å². The van der Waals surface area contributed by atoms with E-state index in [0.29, 0.717) is 4.58 Å². The predicted molar refractivity (Wildman–Crippen MR) is 79.1 cm³/mol. The van der Waals surface area contributed by atoms with E-state index in [0.717, 1.165) is 31.3 Å². The SMILES string of the molecule is C=CC[n+]1[nH]c(C)c(C2SCCOCCS2)c1C. The summed E-state index contributed by atoms with van der Waals surface area (Å²) in [5.74, 6) is 2.15. The molecule has 0 saturated carbocycles. The van der Waals surface area contributed by atoms with Gasteiger partial charge in [0.05, 0.1) is 29.1 Å². The molecule has 2 rings (SSSR count). The van der Waals surface area contributed by atoms with Crippen LogP contribution >= 0.6 is 23.5 Å². The zero-order valence-electron chi connectivity index (χ0n) is 11.1. The molecule has 2 heterocycles. The summed E-state index contributed by atoms with van der Waals surface area (Å²) in [6.07, 6.45) is 1.93. The molecular formula is C13H21N2OS2+. The Bertz CT molecular complexity index is 409. The van der Waals surface area contributed by atoms with Gasteiger partial charge in [-0.15, -0.1) is 28.2 Å². The highest BCUT2D eigenvalue weighted by molar-refractivity contribution is 8.16. The maximum absolute atomic E-state index is 5.49. The summed E-state index contributed by atoms with van der Waals surface area (Å²) < 4.78 is 8.19. The van der Waals surface area contributed by atoms with Crippen molar-refractivity contribution < 1.29 is 9.42 Å². The van der Waals surface area contributed by atoms with Crippen molar-refractivity contribution >= 4 is 23.5 Å². The highest BCUT2D eigenvalue weighted by atomic mass is 32.2. The van der Waals surface area contributed by atoms with E-state index in [-0.39, 0.29) is 0 Å². The van der Waals surface area contributed by atoms with E-state index >= 15 is 0 Å². The number of hydrogen-bond donors (Lipinski definition) is 1. The second-order valence-corrected chi connectivity index (χ2v) is 7.05. The van der Waals surface area contributed by atoms with Crippen LogP contribution in [0, 0.1) is 13.8 Å². The summed E-state index contributed by atoms with van der Waals surface area (Å²) in [6, 6.07) is 0. The molecule has 1 fully saturated rings. The minimum Gasteiger partial charge on any atom is -0.380 e. The smallest absolute Gasteiger partial charge is 0.210 e. The molecule has 5 heteroatoms. The van der Waals surface area contributed by atoms with Crippen molar-refractivity contribution in [1.29, 1.82) is 0 Å². The fourth-order valence-corrected chi connectivity index (χ4v) is 5.01. The molecule has 0 amide bonds. The number of aromatic amines is 1. The molecule has 1 aliphatic rings. The Balaban J connectivity index is 2.22. The maximum Gasteiger partial charge on any atom is 0.210 e. The number of H-pyrrole nitrogens is 1. The van der Waals surface area contributed by atoms with Crippen LogP contribution in [0.25, 0.3) is 0 Å². The zero-order chi connectivity index (χ0) is 13.0. The molecule has 3 nitrogen and oxygen atoms in total. The van der Waals surface area contributed by atoms with Gasteiger partial charge in [-0.25, -0.2) is 0 Å². The molecule has 0 unspecified atom stereocenters. The quantitative estimate of drug-likeness (QED) is 0.683. The van der Waals surface area contributed by atoms with Crippen molar-refractivity contribution in [3.63, 3.8) is 0 Å². The van der Waals surface area contributed by atoms with Crippen molar-refractivity contribution in [2.24, 2.45) is 0 Å². The molecular weight excluding hydrogens is 264 g/mol. The first-order valence-corrected chi connectivity index (χ1v) is 8.34. The van der Waals surface area contributed by atoms with Gasteiger partial charge < -0.3 is 4.74 Å². The Morgan fingerprint density at radius 1 is 1.39 bits per heavy atom. The zero-order valence-corrected chi connectivity index (χ0v) is 12.7. The number of nitrogens with zero attached hydrogens (tertiary/aromatic N) is 1. The predicted octanol–water partition coefficient (Wildman–Crippen LogP) is 2.60. The lowest BCUT2D eigenvalue weighted by molar-refractivity contribution is -0.746. The fraction of sp³-hybridized carbons (Fsp3) is 0.615. The van der Waals surface area contributed by atoms with Crippen LogP contribution in [0.5, 0.6) is 0 Å². The monoisotopic (exact) mass is 285 g/mol. The van der Waals surface area contributed by atoms with Crippen molar-refractivity contribution in [3.8, 4) is 0 Å². The molecule has 0 radical (unpaired) electrons. The van der Waals surface area contributed by atoms with Gasteiger partial charge >= 0.3 is 0 Å². The fourth-order valence-electron chi connectivity index (χ4n) is 2.17. The summed E-state index contributed by atoms with van der Waals surface area (Å²) in [7, 11) is 0. The second-order valence-electron chi connectivity index (χ2n) is 4.32. The topological polar surface area (TPSA) is 28.9 Å². The maximum atomic E-state index is 5.49. The van der Waals surface area contributed by atoms with Crippen LogP contribution in [0.15, 0.2) is 12.7 Å². The Kier molecular flexibility index (Phi) is 5.21. The first-order valence-electron chi connectivity index (χ1n) is 6.24. The van der Waals surface area contributed by atoms with Crippen LogP contribution < -0.4 is 4.68 Å². The number of thioether (sulfide) groups is 2. The number of ether oxygens (including phenoxy) is 1. The van der Waals surface area contributed by atoms with Crippen LogP contribution in [0.3, 0.4) is 0 Å². The molecule has 1 saturated heterocycles. The van der Waals surface area contributed by atoms with Gasteiger partial charge in [0, 0.05) is 18.4 Å². The minimum atomic E-state index is 0.524. The standard InChI is InChI=1S/C13H20N2OS2/c1-4-5-15-11(3)12(10(2)14-15)13-17-8-6-16-7-9-18-13/h4,13H,1,5-9H2,2-3H3/p+1. The van der Waals surface area contributed by atoms with Gasteiger partial charge in [-0.05, 0) is 13.0 Å². The molecule has 1 aromatic heterocycles. The van der Waals surface area contributed by atoms with Gasteiger partial charge in [0.1, 0.15) is 0 Å². The Morgan fingerprint density at radius 2 is 2.06 bits per heavy atom. The van der Waals surface area contributed by atoms with Crippen molar-refractivity contribution in [2.45, 2.75) is 25.0 Å². The summed E-state index contributed by atoms with van der Waals surface area (Å²) >= 11 is 3.98. The van der Waals surface area contributed by atoms with Crippen LogP contribution in [0.2, 0.25) is 0 Å². The second kappa shape index (κ2) is 6.68. The summed E-state index contributed by atoms with van der Waals surface area (Å²) in [5, 5.41) is 3.43. The third-order valence-electron chi connectivity index (χ3n) is 3.04. The minimum absolute atomic E-state index is 0.524. The van der Waals surface area contributed by atoms with E-state index in [1.165, 1.54) is 17.0 Å². The summed E-state index contributed by atoms with van der Waals surface area (Å²) in [5.41, 5.74) is 4.06. The Morgan fingerprint density at radius 3 is 2.67 bits per heavy atom. The van der Waals surface area contributed by atoms with E-state index < -0.39 is 0 Å². The Hall–Kier alpha value is -0.390. The number of hydrogen-bond acceptors (Lipinski definition) is 3. The van der Waals surface area contributed by atoms with Gasteiger partial charge in [0.15, 0.2) is 6.54 Å². The first kappa shape index (κ1) is 14.0. The molecule has 0 bridgehead atoms. The number of allylic oxidation sites excluding steroid dienone is 1. The highest BCUT2D eigenvalue weighted by Crippen LogP contribution is 2.42. The van der Waals surface area contributed by atoms with Crippen LogP contribution in [-0.4, -0.2) is 29.8 Å². The van der Waals surface area contributed by atoms with E-state index in [9.17, 15) is 0 Å². The molecule has 1 N–H and O–H groups in total. The molecule has 18 heavy (non-hydrogen) atoms. The Labute approximate surface area is 117 Å². The number of aromatic nitrogens is 2. The third kappa shape index (κ3) is 3.13. The normalized spacial score (nSPS) is 18.3. The molecule has 1 aromatic rings. The van der Waals surface area contributed by atoms with Crippen molar-refractivity contribution in [1.82, 2.24) is 5.10 Å². The lowest BCUT2D eigenvalue weighted by Gasteiger charge is -2.18. The molecule has 1 aliphatic heterocycles. The van der Waals surface area contributed by atoms with Gasteiger partial charge in [0.25, 0.3) is 0 Å². The average molecular weight is 285 g/mol. The number of nitrogens with one attached hydrogen (secondary N) is 1. The number of aryl methyl sites for hydroxylation is 1. The lowest BCUT2D eigenvalue weighted by atomic mass is 10.2. The van der Waals surface area contributed by atoms with Crippen LogP contribution in [0.1, 0.15) is 21.5 Å². The lowest BCUT2D eigenvalue weighted by Crippen LogP contribution is -2.37. The van der Waals surface area contributed by atoms with Crippen molar-refractivity contribution in [3.05, 3.63) is 29.6 Å². The molecule has 0 aromatic carbocycles. The first-order chi connectivity index (χ1) is 8.74. The van der Waals surface area contributed by atoms with Crippen molar-refractivity contribution in [2.75, 3.05) is 24.7 Å². The molecule has 100 valence electrons. The van der Waals surface area contributed by atoms with Gasteiger partial charge in [0.2, 0.25) is 5.69 Å². The van der Waals surface area contributed by atoms with Gasteiger partial charge in [-0.1, -0.05) is 6.58 Å². The van der Waals surface area contributed by atoms with E-state index in [4.69, 9.17) is 4.74 Å². The third-order valence-corrected chi connectivity index (χ3v) is 5.74. The molecule has 0 atom stereocenters. The summed E-state index contributed by atoms with van der Waals surface area (Å²) in [6.45, 7) is 10.8. The molecule has 0 aliphatic carbocycles. The van der Waals surface area contributed by atoms with Crippen LogP contribution in [0.4, 0.5) is 0 Å². The molecule has 0 spiro atoms. The van der Waals surface area contributed by atoms with Gasteiger partial charge in [-0.2, -0.15) is 5.10 Å². The van der Waals surface area contributed by atoms with Gasteiger partial charge in [-0.3, -0.25) is 0 Å². The summed E-state index contributed by atoms with van der Waals surface area (Å²) in [4.78, 5) is 0. The largest absolute Gasteiger partial charge is 0.380 e. The van der Waals surface area contributed by atoms with Crippen LogP contribution in [-0.2, 0) is 11.3 Å².